The van der Waals surface area contributed by atoms with Gasteiger partial charge in [-0.1, -0.05) is 0 Å². The minimum Gasteiger partial charge on any atom is -0.472 e. The number of nitrogens with two attached hydrogens (primary N) is 1. The molecule has 4 nitrogen and oxygen atoms in total. The van der Waals surface area contributed by atoms with E-state index in [1.807, 2.05) is 0 Å². The van der Waals surface area contributed by atoms with E-state index in [4.69, 9.17) is 10.2 Å². The first-order valence-electron chi connectivity index (χ1n) is 6.21. The van der Waals surface area contributed by atoms with Gasteiger partial charge in [-0.25, -0.2) is 13.5 Å². The molecule has 0 fully saturated rings. The molecular weight excluding hydrogens is 321 g/mol. The van der Waals surface area contributed by atoms with Gasteiger partial charge in [0.1, 0.15) is 11.5 Å². The van der Waals surface area contributed by atoms with Crippen LogP contribution in [0.2, 0.25) is 0 Å². The van der Waals surface area contributed by atoms with E-state index in [9.17, 15) is 22.0 Å². The highest BCUT2D eigenvalue weighted by molar-refractivity contribution is 5.73. The number of furan rings is 1. The molecule has 0 radical (unpaired) electrons. The summed E-state index contributed by atoms with van der Waals surface area (Å²) in [4.78, 5) is 0. The Morgan fingerprint density at radius 3 is 2.52 bits per heavy atom. The molecule has 23 heavy (non-hydrogen) atoms. The van der Waals surface area contributed by atoms with Crippen LogP contribution < -0.4 is 5.73 Å². The standard InChI is InChI=1S/C14H8F5N3O/c15-8-3-9(7-1-2-23-6-7)12(10(16)4-8)22-13(14(17,18)19)11(20)5-21-22/h1-6H,20H2. The lowest BCUT2D eigenvalue weighted by Crippen LogP contribution is -2.17. The topological polar surface area (TPSA) is 57.0 Å². The van der Waals surface area contributed by atoms with E-state index in [1.165, 1.54) is 12.3 Å². The maximum absolute atomic E-state index is 14.2. The molecule has 0 unspecified atom stereocenters. The molecular formula is C14H8F5N3O. The molecule has 1 aromatic carbocycles. The van der Waals surface area contributed by atoms with Crippen LogP contribution in [0.5, 0.6) is 0 Å². The molecule has 120 valence electrons. The van der Waals surface area contributed by atoms with Crippen molar-refractivity contribution in [1.29, 1.82) is 0 Å². The normalized spacial score (nSPS) is 11.9. The van der Waals surface area contributed by atoms with Crippen LogP contribution in [0.3, 0.4) is 0 Å². The molecule has 3 rings (SSSR count). The van der Waals surface area contributed by atoms with Gasteiger partial charge in [-0.05, 0) is 12.1 Å². The van der Waals surface area contributed by atoms with Crippen molar-refractivity contribution in [3.63, 3.8) is 0 Å². The lowest BCUT2D eigenvalue weighted by Gasteiger charge is -2.15. The van der Waals surface area contributed by atoms with Crippen molar-refractivity contribution in [2.75, 3.05) is 5.73 Å². The van der Waals surface area contributed by atoms with Gasteiger partial charge >= 0.3 is 6.18 Å². The quantitative estimate of drug-likeness (QED) is 0.723. The summed E-state index contributed by atoms with van der Waals surface area (Å²) in [6.45, 7) is 0. The van der Waals surface area contributed by atoms with E-state index in [2.05, 4.69) is 5.10 Å². The van der Waals surface area contributed by atoms with Crippen LogP contribution in [0, 0.1) is 11.6 Å². The summed E-state index contributed by atoms with van der Waals surface area (Å²) in [5, 5.41) is 3.49. The lowest BCUT2D eigenvalue weighted by atomic mass is 10.1. The first-order chi connectivity index (χ1) is 10.8. The Balaban J connectivity index is 2.34. The van der Waals surface area contributed by atoms with Gasteiger partial charge in [0.05, 0.1) is 24.4 Å². The van der Waals surface area contributed by atoms with Gasteiger partial charge in [0, 0.05) is 17.2 Å². The molecule has 2 N–H and O–H groups in total. The van der Waals surface area contributed by atoms with Crippen molar-refractivity contribution >= 4 is 5.69 Å². The molecule has 2 heterocycles. The van der Waals surface area contributed by atoms with Crippen molar-refractivity contribution in [2.24, 2.45) is 0 Å². The van der Waals surface area contributed by atoms with Crippen LogP contribution in [0.25, 0.3) is 16.8 Å². The lowest BCUT2D eigenvalue weighted by molar-refractivity contribution is -0.142. The summed E-state index contributed by atoms with van der Waals surface area (Å²) in [6, 6.07) is 2.72. The predicted molar refractivity (Wildman–Crippen MR) is 70.6 cm³/mol. The number of aromatic nitrogens is 2. The van der Waals surface area contributed by atoms with Gasteiger partial charge < -0.3 is 10.2 Å². The molecule has 0 spiro atoms. The van der Waals surface area contributed by atoms with Crippen LogP contribution in [-0.4, -0.2) is 9.78 Å². The first kappa shape index (κ1) is 15.1. The van der Waals surface area contributed by atoms with Crippen molar-refractivity contribution in [3.05, 3.63) is 54.3 Å². The van der Waals surface area contributed by atoms with Crippen LogP contribution in [-0.2, 0) is 6.18 Å². The molecule has 0 aliphatic heterocycles. The van der Waals surface area contributed by atoms with E-state index in [0.29, 0.717) is 10.7 Å². The van der Waals surface area contributed by atoms with Crippen molar-refractivity contribution in [3.8, 4) is 16.8 Å². The van der Waals surface area contributed by atoms with Crippen LogP contribution in [0.1, 0.15) is 5.69 Å². The summed E-state index contributed by atoms with van der Waals surface area (Å²) < 4.78 is 72.3. The zero-order valence-electron chi connectivity index (χ0n) is 11.2. The van der Waals surface area contributed by atoms with E-state index < -0.39 is 34.9 Å². The van der Waals surface area contributed by atoms with Gasteiger partial charge in [0.2, 0.25) is 0 Å². The number of alkyl halides is 3. The van der Waals surface area contributed by atoms with E-state index >= 15 is 0 Å². The summed E-state index contributed by atoms with van der Waals surface area (Å²) in [5.41, 5.74) is 2.76. The fourth-order valence-corrected chi connectivity index (χ4v) is 2.23. The fraction of sp³-hybridized carbons (Fsp3) is 0.0714. The van der Waals surface area contributed by atoms with Crippen molar-refractivity contribution in [2.45, 2.75) is 6.18 Å². The second-order valence-electron chi connectivity index (χ2n) is 4.65. The number of nitrogens with zero attached hydrogens (tertiary/aromatic N) is 2. The zero-order valence-corrected chi connectivity index (χ0v) is 11.2. The van der Waals surface area contributed by atoms with E-state index in [1.54, 1.807) is 0 Å². The molecule has 0 saturated heterocycles. The predicted octanol–water partition coefficient (Wildman–Crippen LogP) is 4.01. The second-order valence-corrected chi connectivity index (χ2v) is 4.65. The molecule has 0 atom stereocenters. The monoisotopic (exact) mass is 329 g/mol. The summed E-state index contributed by atoms with van der Waals surface area (Å²) >= 11 is 0. The maximum Gasteiger partial charge on any atom is 0.435 e. The molecule has 0 aliphatic carbocycles. The number of halogens is 5. The van der Waals surface area contributed by atoms with Crippen LogP contribution in [0.4, 0.5) is 27.6 Å². The smallest absolute Gasteiger partial charge is 0.435 e. The minimum absolute atomic E-state index is 0.148. The first-order valence-corrected chi connectivity index (χ1v) is 6.21. The highest BCUT2D eigenvalue weighted by atomic mass is 19.4. The molecule has 0 amide bonds. The average molecular weight is 329 g/mol. The molecule has 2 aromatic heterocycles. The van der Waals surface area contributed by atoms with E-state index in [-0.39, 0.29) is 11.1 Å². The second kappa shape index (κ2) is 5.11. The number of hydrogen-bond acceptors (Lipinski definition) is 3. The third-order valence-electron chi connectivity index (χ3n) is 3.14. The molecule has 3 aromatic rings. The zero-order chi connectivity index (χ0) is 16.8. The van der Waals surface area contributed by atoms with Gasteiger partial charge in [0.25, 0.3) is 0 Å². The average Bonchev–Trinajstić information content (AvgIpc) is 3.06. The van der Waals surface area contributed by atoms with Crippen molar-refractivity contribution < 1.29 is 26.4 Å². The molecule has 0 bridgehead atoms. The Labute approximate surface area is 125 Å². The van der Waals surface area contributed by atoms with Gasteiger partial charge in [0.15, 0.2) is 11.5 Å². The summed E-state index contributed by atoms with van der Waals surface area (Å²) in [5.74, 6) is -2.16. The minimum atomic E-state index is -4.87. The van der Waals surface area contributed by atoms with Crippen LogP contribution >= 0.6 is 0 Å². The Bertz CT molecular complexity index is 852. The molecule has 0 saturated carbocycles. The number of rotatable bonds is 2. The van der Waals surface area contributed by atoms with Gasteiger partial charge in [-0.2, -0.15) is 18.3 Å². The Hall–Kier alpha value is -2.84. The van der Waals surface area contributed by atoms with Crippen LogP contribution in [0.15, 0.2) is 41.3 Å². The fourth-order valence-electron chi connectivity index (χ4n) is 2.23. The largest absolute Gasteiger partial charge is 0.472 e. The SMILES string of the molecule is Nc1cnn(-c2c(F)cc(F)cc2-c2ccoc2)c1C(F)(F)F. The van der Waals surface area contributed by atoms with Crippen molar-refractivity contribution in [1.82, 2.24) is 9.78 Å². The molecule has 9 heteroatoms. The number of nitrogen functional groups attached to an aromatic ring is 1. The number of hydrogen-bond donors (Lipinski definition) is 1. The highest BCUT2D eigenvalue weighted by Gasteiger charge is 2.39. The maximum atomic E-state index is 14.2. The third kappa shape index (κ3) is 2.54. The number of benzene rings is 1. The third-order valence-corrected chi connectivity index (χ3v) is 3.14. The van der Waals surface area contributed by atoms with Gasteiger partial charge in [-0.15, -0.1) is 0 Å². The Morgan fingerprint density at radius 2 is 1.91 bits per heavy atom. The number of anilines is 1. The summed E-state index contributed by atoms with van der Waals surface area (Å²) in [7, 11) is 0. The highest BCUT2D eigenvalue weighted by Crippen LogP contribution is 2.38. The summed E-state index contributed by atoms with van der Waals surface area (Å²) in [6.07, 6.45) is -1.73. The van der Waals surface area contributed by atoms with E-state index in [0.717, 1.165) is 18.5 Å². The Morgan fingerprint density at radius 1 is 1.17 bits per heavy atom. The molecule has 0 aliphatic rings. The van der Waals surface area contributed by atoms with Gasteiger partial charge in [-0.3, -0.25) is 0 Å². The Kier molecular flexibility index (Phi) is 3.35.